The molecular formula is C12H14N2S. The fourth-order valence-corrected chi connectivity index (χ4v) is 3.16. The molecule has 0 unspecified atom stereocenters. The zero-order valence-electron chi connectivity index (χ0n) is 8.57. The van der Waals surface area contributed by atoms with Crippen molar-refractivity contribution in [3.05, 3.63) is 28.6 Å². The molecule has 1 fully saturated rings. The van der Waals surface area contributed by atoms with Gasteiger partial charge in [0.15, 0.2) is 0 Å². The minimum atomic E-state index is 0.728. The van der Waals surface area contributed by atoms with E-state index in [4.69, 9.17) is 0 Å². The standard InChI is InChI=1S/C12H14N2S/c1-4-13-5-2-9(1)10-3-6-14-12-8-15-7-11(10)12/h3,6-9,13H,1-2,4-5H2. The third-order valence-electron chi connectivity index (χ3n) is 3.20. The largest absolute Gasteiger partial charge is 0.317 e. The summed E-state index contributed by atoms with van der Waals surface area (Å²) < 4.78 is 0. The first-order valence-corrected chi connectivity index (χ1v) is 6.41. The van der Waals surface area contributed by atoms with Crippen molar-refractivity contribution in [3.8, 4) is 0 Å². The van der Waals surface area contributed by atoms with E-state index in [-0.39, 0.29) is 0 Å². The molecule has 0 aliphatic carbocycles. The molecule has 0 amide bonds. The minimum absolute atomic E-state index is 0.728. The summed E-state index contributed by atoms with van der Waals surface area (Å²) in [5.74, 6) is 0.728. The molecule has 0 spiro atoms. The van der Waals surface area contributed by atoms with E-state index in [0.717, 1.165) is 24.5 Å². The van der Waals surface area contributed by atoms with Gasteiger partial charge in [-0.3, -0.25) is 4.98 Å². The van der Waals surface area contributed by atoms with Crippen molar-refractivity contribution >= 4 is 22.2 Å². The molecule has 3 heterocycles. The molecule has 0 saturated carbocycles. The van der Waals surface area contributed by atoms with Crippen LogP contribution in [0.5, 0.6) is 0 Å². The maximum atomic E-state index is 4.39. The molecule has 0 atom stereocenters. The van der Waals surface area contributed by atoms with Gasteiger partial charge in [-0.15, -0.1) is 11.3 Å². The van der Waals surface area contributed by atoms with Gasteiger partial charge in [0.2, 0.25) is 0 Å². The summed E-state index contributed by atoms with van der Waals surface area (Å²) in [6, 6.07) is 2.20. The van der Waals surface area contributed by atoms with E-state index in [0.29, 0.717) is 0 Å². The molecule has 15 heavy (non-hydrogen) atoms. The highest BCUT2D eigenvalue weighted by Gasteiger charge is 2.17. The SMILES string of the molecule is c1cc(C2CCNCC2)c2cscc2n1. The number of hydrogen-bond acceptors (Lipinski definition) is 3. The maximum Gasteiger partial charge on any atom is 0.0811 e. The van der Waals surface area contributed by atoms with E-state index in [9.17, 15) is 0 Å². The third-order valence-corrected chi connectivity index (χ3v) is 3.93. The van der Waals surface area contributed by atoms with Crippen molar-refractivity contribution in [1.29, 1.82) is 0 Å². The van der Waals surface area contributed by atoms with Crippen molar-refractivity contribution < 1.29 is 0 Å². The quantitative estimate of drug-likeness (QED) is 0.796. The van der Waals surface area contributed by atoms with Gasteiger partial charge in [-0.2, -0.15) is 0 Å². The number of pyridine rings is 1. The summed E-state index contributed by atoms with van der Waals surface area (Å²) in [6.45, 7) is 2.30. The molecule has 1 saturated heterocycles. The smallest absolute Gasteiger partial charge is 0.0811 e. The van der Waals surface area contributed by atoms with Crippen LogP contribution in [0.2, 0.25) is 0 Å². The van der Waals surface area contributed by atoms with E-state index in [2.05, 4.69) is 27.1 Å². The molecule has 0 bridgehead atoms. The van der Waals surface area contributed by atoms with Crippen molar-refractivity contribution in [3.63, 3.8) is 0 Å². The monoisotopic (exact) mass is 218 g/mol. The number of fused-ring (bicyclic) bond motifs is 1. The summed E-state index contributed by atoms with van der Waals surface area (Å²) >= 11 is 1.75. The summed E-state index contributed by atoms with van der Waals surface area (Å²) in [5.41, 5.74) is 2.67. The zero-order valence-corrected chi connectivity index (χ0v) is 9.39. The molecule has 2 nitrogen and oxygen atoms in total. The Morgan fingerprint density at radius 3 is 3.00 bits per heavy atom. The topological polar surface area (TPSA) is 24.9 Å². The van der Waals surface area contributed by atoms with Crippen LogP contribution < -0.4 is 5.32 Å². The fraction of sp³-hybridized carbons (Fsp3) is 0.417. The molecule has 2 aromatic heterocycles. The Hall–Kier alpha value is -0.930. The number of rotatable bonds is 1. The van der Waals surface area contributed by atoms with Crippen LogP contribution in [0.3, 0.4) is 0 Å². The number of aromatic nitrogens is 1. The second-order valence-electron chi connectivity index (χ2n) is 4.10. The molecule has 0 aromatic carbocycles. The highest BCUT2D eigenvalue weighted by atomic mass is 32.1. The van der Waals surface area contributed by atoms with Crippen LogP contribution in [0.25, 0.3) is 10.9 Å². The van der Waals surface area contributed by atoms with Gasteiger partial charge in [-0.1, -0.05) is 0 Å². The Morgan fingerprint density at radius 1 is 1.27 bits per heavy atom. The number of piperidine rings is 1. The number of thiophene rings is 1. The predicted octanol–water partition coefficient (Wildman–Crippen LogP) is 2.76. The lowest BCUT2D eigenvalue weighted by molar-refractivity contribution is 0.462. The average molecular weight is 218 g/mol. The highest BCUT2D eigenvalue weighted by molar-refractivity contribution is 7.09. The molecule has 1 aliphatic heterocycles. The van der Waals surface area contributed by atoms with Crippen LogP contribution in [0.1, 0.15) is 24.3 Å². The summed E-state index contributed by atoms with van der Waals surface area (Å²) in [6.07, 6.45) is 4.47. The van der Waals surface area contributed by atoms with Gasteiger partial charge in [-0.05, 0) is 43.5 Å². The van der Waals surface area contributed by atoms with E-state index in [1.54, 1.807) is 11.3 Å². The van der Waals surface area contributed by atoms with Gasteiger partial charge in [0.25, 0.3) is 0 Å². The number of nitrogens with one attached hydrogen (secondary N) is 1. The molecule has 0 radical (unpaired) electrons. The van der Waals surface area contributed by atoms with E-state index < -0.39 is 0 Å². The maximum absolute atomic E-state index is 4.39. The predicted molar refractivity (Wildman–Crippen MR) is 64.5 cm³/mol. The number of nitrogens with zero attached hydrogens (tertiary/aromatic N) is 1. The van der Waals surface area contributed by atoms with Gasteiger partial charge >= 0.3 is 0 Å². The van der Waals surface area contributed by atoms with Crippen molar-refractivity contribution in [2.75, 3.05) is 13.1 Å². The second-order valence-corrected chi connectivity index (χ2v) is 4.84. The van der Waals surface area contributed by atoms with Crippen LogP contribution in [-0.4, -0.2) is 18.1 Å². The van der Waals surface area contributed by atoms with Crippen molar-refractivity contribution in [2.24, 2.45) is 0 Å². The third kappa shape index (κ3) is 1.66. The van der Waals surface area contributed by atoms with E-state index >= 15 is 0 Å². The van der Waals surface area contributed by atoms with Gasteiger partial charge in [0.1, 0.15) is 0 Å². The molecule has 78 valence electrons. The van der Waals surface area contributed by atoms with Crippen LogP contribution in [0.4, 0.5) is 0 Å². The summed E-state index contributed by atoms with van der Waals surface area (Å²) in [5, 5.41) is 9.16. The Bertz CT molecular complexity index is 457. The van der Waals surface area contributed by atoms with E-state index in [1.165, 1.54) is 23.8 Å². The summed E-state index contributed by atoms with van der Waals surface area (Å²) in [7, 11) is 0. The Balaban J connectivity index is 2.05. The molecular weight excluding hydrogens is 204 g/mol. The molecule has 1 aliphatic rings. The van der Waals surface area contributed by atoms with Crippen molar-refractivity contribution in [1.82, 2.24) is 10.3 Å². The molecule has 3 heteroatoms. The molecule has 3 rings (SSSR count). The summed E-state index contributed by atoms with van der Waals surface area (Å²) in [4.78, 5) is 4.39. The first-order chi connectivity index (χ1) is 7.45. The van der Waals surface area contributed by atoms with E-state index in [1.807, 2.05) is 6.20 Å². The van der Waals surface area contributed by atoms with Crippen LogP contribution in [-0.2, 0) is 0 Å². The Morgan fingerprint density at radius 2 is 2.13 bits per heavy atom. The van der Waals surface area contributed by atoms with Crippen LogP contribution in [0.15, 0.2) is 23.0 Å². The molecule has 1 N–H and O–H groups in total. The lowest BCUT2D eigenvalue weighted by atomic mass is 9.89. The van der Waals surface area contributed by atoms with Gasteiger partial charge in [-0.25, -0.2) is 0 Å². The zero-order chi connectivity index (χ0) is 10.1. The van der Waals surface area contributed by atoms with Crippen LogP contribution >= 0.6 is 11.3 Å². The minimum Gasteiger partial charge on any atom is -0.317 e. The Kier molecular flexibility index (Phi) is 2.43. The lowest BCUT2D eigenvalue weighted by Crippen LogP contribution is -2.26. The van der Waals surface area contributed by atoms with Crippen molar-refractivity contribution in [2.45, 2.75) is 18.8 Å². The first-order valence-electron chi connectivity index (χ1n) is 5.46. The fourth-order valence-electron chi connectivity index (χ4n) is 2.38. The Labute approximate surface area is 93.3 Å². The average Bonchev–Trinajstić information content (AvgIpc) is 2.78. The van der Waals surface area contributed by atoms with Gasteiger partial charge < -0.3 is 5.32 Å². The normalized spacial score (nSPS) is 18.4. The first kappa shape index (κ1) is 9.31. The van der Waals surface area contributed by atoms with Crippen LogP contribution in [0, 0.1) is 0 Å². The van der Waals surface area contributed by atoms with Gasteiger partial charge in [0.05, 0.1) is 5.52 Å². The van der Waals surface area contributed by atoms with Gasteiger partial charge in [0, 0.05) is 22.3 Å². The highest BCUT2D eigenvalue weighted by Crippen LogP contribution is 2.31. The number of hydrogen-bond donors (Lipinski definition) is 1. The second kappa shape index (κ2) is 3.91. The molecule has 2 aromatic rings. The lowest BCUT2D eigenvalue weighted by Gasteiger charge is -2.23.